The molecule has 0 aliphatic heterocycles. The van der Waals surface area contributed by atoms with E-state index in [1.807, 2.05) is 43.1 Å². The lowest BCUT2D eigenvalue weighted by Crippen LogP contribution is -2.40. The van der Waals surface area contributed by atoms with Crippen LogP contribution < -0.4 is 5.32 Å². The van der Waals surface area contributed by atoms with E-state index >= 15 is 0 Å². The molecule has 5 heteroatoms. The lowest BCUT2D eigenvalue weighted by atomic mass is 10.0. The summed E-state index contributed by atoms with van der Waals surface area (Å²) in [7, 11) is 3.57. The first-order chi connectivity index (χ1) is 13.2. The van der Waals surface area contributed by atoms with E-state index in [1.165, 1.54) is 16.0 Å². The minimum Gasteiger partial charge on any atom is -0.335 e. The van der Waals surface area contributed by atoms with Crippen molar-refractivity contribution >= 4 is 17.5 Å². The molecule has 2 aromatic carbocycles. The fraction of sp³-hybridized carbons (Fsp3) is 0.391. The predicted octanol–water partition coefficient (Wildman–Crippen LogP) is 3.65. The molecule has 2 amide bonds. The lowest BCUT2D eigenvalue weighted by molar-refractivity contribution is -0.134. The van der Waals surface area contributed by atoms with Crippen molar-refractivity contribution in [1.29, 1.82) is 0 Å². The molecule has 0 heterocycles. The van der Waals surface area contributed by atoms with Crippen LogP contribution in [0.5, 0.6) is 0 Å². The van der Waals surface area contributed by atoms with Crippen molar-refractivity contribution in [2.75, 3.05) is 32.5 Å². The number of hydrogen-bond donors (Lipinski definition) is 1. The Bertz CT molecular complexity index is 782. The quantitative estimate of drug-likeness (QED) is 0.759. The number of carbonyl (C=O) groups is 2. The van der Waals surface area contributed by atoms with Crippen molar-refractivity contribution < 1.29 is 9.59 Å². The minimum atomic E-state index is -0.202. The molecule has 0 aliphatic rings. The van der Waals surface area contributed by atoms with Crippen LogP contribution in [0.2, 0.25) is 0 Å². The molecule has 1 N–H and O–H groups in total. The average Bonchev–Trinajstić information content (AvgIpc) is 2.63. The summed E-state index contributed by atoms with van der Waals surface area (Å²) in [6, 6.07) is 16.1. The molecule has 150 valence electrons. The number of benzene rings is 2. The van der Waals surface area contributed by atoms with Crippen molar-refractivity contribution in [2.45, 2.75) is 33.2 Å². The lowest BCUT2D eigenvalue weighted by Gasteiger charge is -2.22. The van der Waals surface area contributed by atoms with Crippen molar-refractivity contribution in [3.05, 3.63) is 65.2 Å². The van der Waals surface area contributed by atoms with E-state index in [0.29, 0.717) is 12.5 Å². The van der Waals surface area contributed by atoms with E-state index in [2.05, 4.69) is 43.4 Å². The van der Waals surface area contributed by atoms with Crippen LogP contribution in [0, 0.1) is 6.92 Å². The van der Waals surface area contributed by atoms with E-state index in [0.717, 1.165) is 11.3 Å². The van der Waals surface area contributed by atoms with Crippen molar-refractivity contribution in [3.8, 4) is 0 Å². The Balaban J connectivity index is 1.80. The van der Waals surface area contributed by atoms with Gasteiger partial charge in [0.2, 0.25) is 11.8 Å². The van der Waals surface area contributed by atoms with Gasteiger partial charge in [-0.15, -0.1) is 0 Å². The standard InChI is InChI=1S/C23H31N3O2/c1-17(2)20-10-8-19(9-11-20)14-25(4)16-23(28)26(5)15-22(27)24-21-12-6-18(3)7-13-21/h6-13,17H,14-16H2,1-5H3,(H,24,27). The Morgan fingerprint density at radius 2 is 1.54 bits per heavy atom. The number of aryl methyl sites for hydroxylation is 1. The highest BCUT2D eigenvalue weighted by Gasteiger charge is 2.15. The molecule has 0 aromatic heterocycles. The van der Waals surface area contributed by atoms with Crippen LogP contribution in [0.1, 0.15) is 36.5 Å². The summed E-state index contributed by atoms with van der Waals surface area (Å²) >= 11 is 0. The van der Waals surface area contributed by atoms with Gasteiger partial charge in [-0.2, -0.15) is 0 Å². The van der Waals surface area contributed by atoms with Gasteiger partial charge in [-0.1, -0.05) is 55.8 Å². The Kier molecular flexibility index (Phi) is 7.76. The van der Waals surface area contributed by atoms with E-state index in [-0.39, 0.29) is 24.9 Å². The van der Waals surface area contributed by atoms with Gasteiger partial charge in [0.05, 0.1) is 13.1 Å². The summed E-state index contributed by atoms with van der Waals surface area (Å²) in [5.74, 6) is 0.222. The highest BCUT2D eigenvalue weighted by atomic mass is 16.2. The third-order valence-electron chi connectivity index (χ3n) is 4.65. The first kappa shape index (κ1) is 21.6. The van der Waals surface area contributed by atoms with Gasteiger partial charge in [0.15, 0.2) is 0 Å². The molecule has 0 saturated carbocycles. The molecule has 5 nitrogen and oxygen atoms in total. The molecule has 0 saturated heterocycles. The van der Waals surface area contributed by atoms with Gasteiger partial charge in [-0.05, 0) is 43.1 Å². The molecule has 0 spiro atoms. The number of anilines is 1. The summed E-state index contributed by atoms with van der Waals surface area (Å²) in [6.07, 6.45) is 0. The largest absolute Gasteiger partial charge is 0.335 e. The zero-order valence-corrected chi connectivity index (χ0v) is 17.5. The summed E-state index contributed by atoms with van der Waals surface area (Å²) in [5, 5.41) is 2.82. The molecule has 0 radical (unpaired) electrons. The average molecular weight is 382 g/mol. The van der Waals surface area contributed by atoms with Gasteiger partial charge in [0, 0.05) is 19.3 Å². The maximum absolute atomic E-state index is 12.4. The summed E-state index contributed by atoms with van der Waals surface area (Å²) in [4.78, 5) is 28.0. The van der Waals surface area contributed by atoms with Gasteiger partial charge in [-0.3, -0.25) is 14.5 Å². The number of hydrogen-bond acceptors (Lipinski definition) is 3. The van der Waals surface area contributed by atoms with Crippen LogP contribution in [0.25, 0.3) is 0 Å². The number of likely N-dealkylation sites (N-methyl/N-ethyl adjacent to an activating group) is 2. The molecular formula is C23H31N3O2. The second kappa shape index (κ2) is 10.0. The first-order valence-corrected chi connectivity index (χ1v) is 9.62. The predicted molar refractivity (Wildman–Crippen MR) is 114 cm³/mol. The summed E-state index contributed by atoms with van der Waals surface area (Å²) in [6.45, 7) is 7.32. The van der Waals surface area contributed by atoms with Crippen LogP contribution in [0.15, 0.2) is 48.5 Å². The highest BCUT2D eigenvalue weighted by molar-refractivity contribution is 5.94. The van der Waals surface area contributed by atoms with Gasteiger partial charge in [-0.25, -0.2) is 0 Å². The molecular weight excluding hydrogens is 350 g/mol. The normalized spacial score (nSPS) is 11.0. The molecule has 28 heavy (non-hydrogen) atoms. The third-order valence-corrected chi connectivity index (χ3v) is 4.65. The molecule has 0 bridgehead atoms. The number of carbonyl (C=O) groups excluding carboxylic acids is 2. The third kappa shape index (κ3) is 6.82. The SMILES string of the molecule is Cc1ccc(NC(=O)CN(C)C(=O)CN(C)Cc2ccc(C(C)C)cc2)cc1. The summed E-state index contributed by atoms with van der Waals surface area (Å²) in [5.41, 5.74) is 4.34. The zero-order chi connectivity index (χ0) is 20.7. The second-order valence-electron chi connectivity index (χ2n) is 7.73. The van der Waals surface area contributed by atoms with E-state index in [1.54, 1.807) is 7.05 Å². The molecule has 2 aromatic rings. The van der Waals surface area contributed by atoms with E-state index in [4.69, 9.17) is 0 Å². The Morgan fingerprint density at radius 1 is 0.929 bits per heavy atom. The number of nitrogens with one attached hydrogen (secondary N) is 1. The Morgan fingerprint density at radius 3 is 2.11 bits per heavy atom. The second-order valence-corrected chi connectivity index (χ2v) is 7.73. The first-order valence-electron chi connectivity index (χ1n) is 9.62. The molecule has 0 aliphatic carbocycles. The van der Waals surface area contributed by atoms with E-state index in [9.17, 15) is 9.59 Å². The monoisotopic (exact) mass is 381 g/mol. The van der Waals surface area contributed by atoms with Crippen LogP contribution in [0.3, 0.4) is 0 Å². The van der Waals surface area contributed by atoms with Crippen molar-refractivity contribution in [3.63, 3.8) is 0 Å². The summed E-state index contributed by atoms with van der Waals surface area (Å²) < 4.78 is 0. The maximum atomic E-state index is 12.4. The fourth-order valence-electron chi connectivity index (χ4n) is 2.87. The Labute approximate surface area is 168 Å². The molecule has 0 unspecified atom stereocenters. The molecule has 0 atom stereocenters. The van der Waals surface area contributed by atoms with Crippen molar-refractivity contribution in [1.82, 2.24) is 9.80 Å². The fourth-order valence-corrected chi connectivity index (χ4v) is 2.87. The van der Waals surface area contributed by atoms with Gasteiger partial charge in [0.1, 0.15) is 0 Å². The van der Waals surface area contributed by atoms with Gasteiger partial charge in [0.25, 0.3) is 0 Å². The van der Waals surface area contributed by atoms with Gasteiger partial charge < -0.3 is 10.2 Å². The van der Waals surface area contributed by atoms with Crippen LogP contribution >= 0.6 is 0 Å². The van der Waals surface area contributed by atoms with Crippen LogP contribution in [0.4, 0.5) is 5.69 Å². The number of nitrogens with zero attached hydrogens (tertiary/aromatic N) is 2. The smallest absolute Gasteiger partial charge is 0.243 e. The number of rotatable bonds is 8. The van der Waals surface area contributed by atoms with Crippen LogP contribution in [-0.4, -0.2) is 48.8 Å². The topological polar surface area (TPSA) is 52.7 Å². The zero-order valence-electron chi connectivity index (χ0n) is 17.5. The van der Waals surface area contributed by atoms with E-state index < -0.39 is 0 Å². The van der Waals surface area contributed by atoms with Gasteiger partial charge >= 0.3 is 0 Å². The highest BCUT2D eigenvalue weighted by Crippen LogP contribution is 2.15. The Hall–Kier alpha value is -2.66. The minimum absolute atomic E-state index is 0.0314. The van der Waals surface area contributed by atoms with Crippen molar-refractivity contribution in [2.24, 2.45) is 0 Å². The maximum Gasteiger partial charge on any atom is 0.243 e. The van der Waals surface area contributed by atoms with Crippen LogP contribution in [-0.2, 0) is 16.1 Å². The molecule has 2 rings (SSSR count). The number of amides is 2. The molecule has 0 fully saturated rings.